The Balaban J connectivity index is 1.80. The fraction of sp³-hybridized carbons (Fsp3) is 0.125. The van der Waals surface area contributed by atoms with Gasteiger partial charge in [-0.2, -0.15) is 4.98 Å². The highest BCUT2D eigenvalue weighted by atomic mass is 16.6. The minimum absolute atomic E-state index is 0.0632. The molecule has 0 atom stereocenters. The number of benzene rings is 2. The molecule has 24 heavy (non-hydrogen) atoms. The van der Waals surface area contributed by atoms with Crippen molar-refractivity contribution < 1.29 is 14.1 Å². The predicted molar refractivity (Wildman–Crippen MR) is 89.4 cm³/mol. The fourth-order valence-corrected chi connectivity index (χ4v) is 2.12. The van der Waals surface area contributed by atoms with Gasteiger partial charge < -0.3 is 14.6 Å². The van der Waals surface area contributed by atoms with Gasteiger partial charge in [-0.1, -0.05) is 0 Å². The second kappa shape index (κ2) is 5.99. The van der Waals surface area contributed by atoms with E-state index in [2.05, 4.69) is 10.3 Å². The molecular formula is C16H14N4O4. The third-order valence-corrected chi connectivity index (χ3v) is 3.36. The Morgan fingerprint density at radius 3 is 2.54 bits per heavy atom. The molecule has 0 bridgehead atoms. The Hall–Kier alpha value is -3.42. The van der Waals surface area contributed by atoms with Gasteiger partial charge in [0.1, 0.15) is 5.52 Å². The van der Waals surface area contributed by atoms with Crippen LogP contribution in [0.3, 0.4) is 0 Å². The van der Waals surface area contributed by atoms with Gasteiger partial charge in [-0.3, -0.25) is 14.9 Å². The van der Waals surface area contributed by atoms with Crippen LogP contribution >= 0.6 is 0 Å². The van der Waals surface area contributed by atoms with Gasteiger partial charge >= 0.3 is 0 Å². The van der Waals surface area contributed by atoms with Gasteiger partial charge in [0.15, 0.2) is 5.58 Å². The lowest BCUT2D eigenvalue weighted by molar-refractivity contribution is -0.384. The minimum Gasteiger partial charge on any atom is -0.423 e. The SMILES string of the molecule is CN(C)c1nc2cc(NC(=O)c3ccc([N+](=O)[O-])cc3)ccc2o1. The number of non-ortho nitro benzene ring substituents is 1. The summed E-state index contributed by atoms with van der Waals surface area (Å²) in [5.41, 5.74) is 2.07. The third kappa shape index (κ3) is 3.02. The molecule has 0 unspecified atom stereocenters. The van der Waals surface area contributed by atoms with Crippen molar-refractivity contribution in [2.24, 2.45) is 0 Å². The topological polar surface area (TPSA) is 102 Å². The minimum atomic E-state index is -0.511. The molecule has 1 aromatic heterocycles. The summed E-state index contributed by atoms with van der Waals surface area (Å²) in [6, 6.07) is 11.0. The molecule has 2 aromatic carbocycles. The summed E-state index contributed by atoms with van der Waals surface area (Å²) in [5.74, 6) is -0.361. The van der Waals surface area contributed by atoms with Crippen LogP contribution in [-0.2, 0) is 0 Å². The van der Waals surface area contributed by atoms with Gasteiger partial charge in [-0.15, -0.1) is 0 Å². The Bertz CT molecular complexity index is 915. The van der Waals surface area contributed by atoms with E-state index in [-0.39, 0.29) is 11.6 Å². The second-order valence-corrected chi connectivity index (χ2v) is 5.33. The number of nitro groups is 1. The number of oxazole rings is 1. The summed E-state index contributed by atoms with van der Waals surface area (Å²) >= 11 is 0. The normalized spacial score (nSPS) is 10.6. The highest BCUT2D eigenvalue weighted by Crippen LogP contribution is 2.24. The number of aromatic nitrogens is 1. The summed E-state index contributed by atoms with van der Waals surface area (Å²) in [4.78, 5) is 28.4. The van der Waals surface area contributed by atoms with Gasteiger partial charge in [0.2, 0.25) is 0 Å². The molecule has 1 N–H and O–H groups in total. The van der Waals surface area contributed by atoms with Crippen LogP contribution in [-0.4, -0.2) is 29.9 Å². The first-order valence-corrected chi connectivity index (χ1v) is 7.08. The van der Waals surface area contributed by atoms with E-state index in [1.807, 2.05) is 14.1 Å². The monoisotopic (exact) mass is 326 g/mol. The van der Waals surface area contributed by atoms with E-state index < -0.39 is 4.92 Å². The lowest BCUT2D eigenvalue weighted by atomic mass is 10.2. The molecular weight excluding hydrogens is 312 g/mol. The Morgan fingerprint density at radius 1 is 1.21 bits per heavy atom. The van der Waals surface area contributed by atoms with Crippen LogP contribution in [0.5, 0.6) is 0 Å². The predicted octanol–water partition coefficient (Wildman–Crippen LogP) is 3.05. The molecule has 0 fully saturated rings. The van der Waals surface area contributed by atoms with Crippen molar-refractivity contribution in [1.29, 1.82) is 0 Å². The number of fused-ring (bicyclic) bond motifs is 1. The number of hydrogen-bond acceptors (Lipinski definition) is 6. The third-order valence-electron chi connectivity index (χ3n) is 3.36. The van der Waals surface area contributed by atoms with Crippen LogP contribution in [0, 0.1) is 10.1 Å². The molecule has 0 saturated heterocycles. The number of nitrogens with zero attached hydrogens (tertiary/aromatic N) is 3. The Kier molecular flexibility index (Phi) is 3.87. The number of carbonyl (C=O) groups excluding carboxylic acids is 1. The average Bonchev–Trinajstić information content (AvgIpc) is 2.98. The van der Waals surface area contributed by atoms with Crippen molar-refractivity contribution in [3.63, 3.8) is 0 Å². The van der Waals surface area contributed by atoms with Crippen LogP contribution in [0.15, 0.2) is 46.9 Å². The number of rotatable bonds is 4. The molecule has 3 rings (SSSR count). The van der Waals surface area contributed by atoms with Crippen LogP contribution in [0.4, 0.5) is 17.4 Å². The maximum Gasteiger partial charge on any atom is 0.297 e. The van der Waals surface area contributed by atoms with E-state index in [1.165, 1.54) is 24.3 Å². The molecule has 0 aliphatic heterocycles. The molecule has 1 amide bonds. The van der Waals surface area contributed by atoms with Gasteiger partial charge in [0.25, 0.3) is 17.6 Å². The van der Waals surface area contributed by atoms with Crippen molar-refractivity contribution in [3.8, 4) is 0 Å². The van der Waals surface area contributed by atoms with Gasteiger partial charge in [0, 0.05) is 37.5 Å². The zero-order chi connectivity index (χ0) is 17.3. The second-order valence-electron chi connectivity index (χ2n) is 5.33. The van der Waals surface area contributed by atoms with Crippen molar-refractivity contribution in [3.05, 3.63) is 58.1 Å². The van der Waals surface area contributed by atoms with Crippen LogP contribution in [0.1, 0.15) is 10.4 Å². The smallest absolute Gasteiger partial charge is 0.297 e. The molecule has 0 spiro atoms. The molecule has 0 radical (unpaired) electrons. The summed E-state index contributed by atoms with van der Waals surface area (Å²) < 4.78 is 5.55. The molecule has 0 aliphatic carbocycles. The Labute approximate surface area is 136 Å². The van der Waals surface area contributed by atoms with Crippen molar-refractivity contribution >= 4 is 34.4 Å². The van der Waals surface area contributed by atoms with Crippen LogP contribution in [0.2, 0.25) is 0 Å². The first-order chi connectivity index (χ1) is 11.4. The number of hydrogen-bond donors (Lipinski definition) is 1. The average molecular weight is 326 g/mol. The molecule has 0 saturated carbocycles. The number of amides is 1. The van der Waals surface area contributed by atoms with Crippen molar-refractivity contribution in [2.75, 3.05) is 24.3 Å². The summed E-state index contributed by atoms with van der Waals surface area (Å²) in [5, 5.41) is 13.4. The highest BCUT2D eigenvalue weighted by Gasteiger charge is 2.12. The number of carbonyl (C=O) groups is 1. The first kappa shape index (κ1) is 15.5. The largest absolute Gasteiger partial charge is 0.423 e. The molecule has 3 aromatic rings. The first-order valence-electron chi connectivity index (χ1n) is 7.08. The zero-order valence-electron chi connectivity index (χ0n) is 13.0. The van der Waals surface area contributed by atoms with Crippen molar-refractivity contribution in [2.45, 2.75) is 0 Å². The summed E-state index contributed by atoms with van der Waals surface area (Å²) in [6.07, 6.45) is 0. The maximum atomic E-state index is 12.2. The van der Waals surface area contributed by atoms with Gasteiger partial charge in [0.05, 0.1) is 4.92 Å². The van der Waals surface area contributed by atoms with Crippen molar-refractivity contribution in [1.82, 2.24) is 4.98 Å². The highest BCUT2D eigenvalue weighted by molar-refractivity contribution is 6.05. The van der Waals surface area contributed by atoms with Gasteiger partial charge in [-0.25, -0.2) is 0 Å². The standard InChI is InChI=1S/C16H14N4O4/c1-19(2)16-18-13-9-11(5-8-14(13)24-16)17-15(21)10-3-6-12(7-4-10)20(22)23/h3-9H,1-2H3,(H,17,21). The van der Waals surface area contributed by atoms with E-state index >= 15 is 0 Å². The van der Waals surface area contributed by atoms with E-state index in [0.717, 1.165) is 0 Å². The molecule has 8 heteroatoms. The lowest BCUT2D eigenvalue weighted by Gasteiger charge is -2.04. The molecule has 122 valence electrons. The van der Waals surface area contributed by atoms with E-state index in [4.69, 9.17) is 4.42 Å². The zero-order valence-corrected chi connectivity index (χ0v) is 13.0. The fourth-order valence-electron chi connectivity index (χ4n) is 2.12. The maximum absolute atomic E-state index is 12.2. The number of anilines is 2. The quantitative estimate of drug-likeness (QED) is 0.584. The lowest BCUT2D eigenvalue weighted by Crippen LogP contribution is -2.11. The van der Waals surface area contributed by atoms with Crippen LogP contribution in [0.25, 0.3) is 11.1 Å². The van der Waals surface area contributed by atoms with E-state index in [9.17, 15) is 14.9 Å². The van der Waals surface area contributed by atoms with Crippen LogP contribution < -0.4 is 10.2 Å². The van der Waals surface area contributed by atoms with E-state index in [1.54, 1.807) is 23.1 Å². The van der Waals surface area contributed by atoms with Gasteiger partial charge in [-0.05, 0) is 30.3 Å². The summed E-state index contributed by atoms with van der Waals surface area (Å²) in [7, 11) is 3.64. The Morgan fingerprint density at radius 2 is 1.92 bits per heavy atom. The summed E-state index contributed by atoms with van der Waals surface area (Å²) in [6.45, 7) is 0. The molecule has 8 nitrogen and oxygen atoms in total. The van der Waals surface area contributed by atoms with E-state index in [0.29, 0.717) is 28.4 Å². The number of nitro benzene ring substituents is 1. The molecule has 1 heterocycles. The molecule has 0 aliphatic rings. The number of nitrogens with one attached hydrogen (secondary N) is 1.